The molecule has 0 aromatic heterocycles. The van der Waals surface area contributed by atoms with E-state index in [4.69, 9.17) is 14.2 Å². The zero-order valence-corrected chi connectivity index (χ0v) is 19.1. The second-order valence-corrected chi connectivity index (χ2v) is 9.65. The first-order valence-electron chi connectivity index (χ1n) is 11.1. The van der Waals surface area contributed by atoms with E-state index < -0.39 is 11.5 Å². The number of carbonyl (C=O) groups excluding carboxylic acids is 2. The summed E-state index contributed by atoms with van der Waals surface area (Å²) in [4.78, 5) is 25.0. The van der Waals surface area contributed by atoms with Gasteiger partial charge in [-0.25, -0.2) is 0 Å². The van der Waals surface area contributed by atoms with Gasteiger partial charge in [-0.3, -0.25) is 9.59 Å². The van der Waals surface area contributed by atoms with Crippen LogP contribution in [0.15, 0.2) is 0 Å². The molecule has 1 fully saturated rings. The maximum Gasteiger partial charge on any atom is 0.309 e. The van der Waals surface area contributed by atoms with Crippen molar-refractivity contribution in [3.63, 3.8) is 0 Å². The van der Waals surface area contributed by atoms with Crippen molar-refractivity contribution >= 4 is 11.9 Å². The van der Waals surface area contributed by atoms with Crippen molar-refractivity contribution in [1.29, 1.82) is 0 Å². The maximum atomic E-state index is 12.8. The van der Waals surface area contributed by atoms with Crippen LogP contribution in [0.25, 0.3) is 0 Å². The normalized spacial score (nSPS) is 27.4. The Morgan fingerprint density at radius 2 is 1.86 bits per heavy atom. The van der Waals surface area contributed by atoms with E-state index in [-0.39, 0.29) is 30.6 Å². The Bertz CT molecular complexity index is 480. The molecule has 0 aliphatic carbocycles. The van der Waals surface area contributed by atoms with Gasteiger partial charge in [0.15, 0.2) is 0 Å². The molecule has 0 radical (unpaired) electrons. The van der Waals surface area contributed by atoms with Crippen LogP contribution < -0.4 is 0 Å². The van der Waals surface area contributed by atoms with E-state index in [9.17, 15) is 9.59 Å². The lowest BCUT2D eigenvalue weighted by atomic mass is 9.86. The van der Waals surface area contributed by atoms with Gasteiger partial charge in [-0.05, 0) is 58.8 Å². The summed E-state index contributed by atoms with van der Waals surface area (Å²) in [5, 5.41) is 0. The molecule has 1 aliphatic heterocycles. The number of hydrogen-bond acceptors (Lipinski definition) is 5. The highest BCUT2D eigenvalue weighted by Gasteiger charge is 2.34. The van der Waals surface area contributed by atoms with Crippen molar-refractivity contribution in [3.8, 4) is 0 Å². The van der Waals surface area contributed by atoms with Crippen LogP contribution in [0.2, 0.25) is 0 Å². The van der Waals surface area contributed by atoms with Gasteiger partial charge < -0.3 is 14.2 Å². The van der Waals surface area contributed by atoms with Crippen molar-refractivity contribution < 1.29 is 23.8 Å². The molecule has 0 aromatic carbocycles. The van der Waals surface area contributed by atoms with E-state index in [0.29, 0.717) is 24.9 Å². The van der Waals surface area contributed by atoms with Crippen molar-refractivity contribution in [2.75, 3.05) is 6.61 Å². The molecule has 0 aromatic rings. The number of hydrogen-bond donors (Lipinski definition) is 0. The Labute approximate surface area is 171 Å². The van der Waals surface area contributed by atoms with Gasteiger partial charge in [-0.1, -0.05) is 40.0 Å². The minimum atomic E-state index is -0.548. The predicted octanol–water partition coefficient (Wildman–Crippen LogP) is 5.30. The number of esters is 2. The van der Waals surface area contributed by atoms with Crippen LogP contribution in [0.3, 0.4) is 0 Å². The first-order chi connectivity index (χ1) is 13.0. The smallest absolute Gasteiger partial charge is 0.309 e. The second kappa shape index (κ2) is 11.8. The molecule has 0 unspecified atom stereocenters. The van der Waals surface area contributed by atoms with E-state index >= 15 is 0 Å². The van der Waals surface area contributed by atoms with Gasteiger partial charge in [0.05, 0.1) is 18.4 Å². The van der Waals surface area contributed by atoms with Gasteiger partial charge in [0.25, 0.3) is 0 Å². The number of ether oxygens (including phenoxy) is 3. The van der Waals surface area contributed by atoms with Gasteiger partial charge in [-0.2, -0.15) is 0 Å². The van der Waals surface area contributed by atoms with Crippen LogP contribution in [0, 0.1) is 17.8 Å². The Morgan fingerprint density at radius 1 is 1.21 bits per heavy atom. The summed E-state index contributed by atoms with van der Waals surface area (Å²) >= 11 is 0. The van der Waals surface area contributed by atoms with Crippen LogP contribution in [0.1, 0.15) is 93.4 Å². The van der Waals surface area contributed by atoms with Crippen LogP contribution >= 0.6 is 0 Å². The zero-order valence-electron chi connectivity index (χ0n) is 19.1. The van der Waals surface area contributed by atoms with E-state index in [0.717, 1.165) is 32.1 Å². The quantitative estimate of drug-likeness (QED) is 0.545. The standard InChI is InChI=1S/C23H42O5/c1-8-11-18-12-9-10-13-19(14-20(24)28-23(5,6)7)22(25)27-17(4)21(18)26-15-16(2)3/h16-19,21H,8-15H2,1-7H3/t17-,18-,19+,21-/m0/s1. The molecule has 0 N–H and O–H groups in total. The fourth-order valence-electron chi connectivity index (χ4n) is 3.83. The Kier molecular flexibility index (Phi) is 10.5. The zero-order chi connectivity index (χ0) is 21.3. The highest BCUT2D eigenvalue weighted by atomic mass is 16.6. The average Bonchev–Trinajstić information content (AvgIpc) is 2.54. The van der Waals surface area contributed by atoms with Crippen LogP contribution in [0.4, 0.5) is 0 Å². The van der Waals surface area contributed by atoms with Gasteiger partial charge in [0, 0.05) is 6.61 Å². The van der Waals surface area contributed by atoms with Gasteiger partial charge in [0.2, 0.25) is 0 Å². The molecule has 1 saturated heterocycles. The largest absolute Gasteiger partial charge is 0.460 e. The molecule has 1 aliphatic rings. The molecule has 5 nitrogen and oxygen atoms in total. The predicted molar refractivity (Wildman–Crippen MR) is 111 cm³/mol. The molecule has 1 rings (SSSR count). The van der Waals surface area contributed by atoms with Crippen LogP contribution in [-0.4, -0.2) is 36.4 Å². The summed E-state index contributed by atoms with van der Waals surface area (Å²) < 4.78 is 17.4. The van der Waals surface area contributed by atoms with Crippen molar-refractivity contribution in [1.82, 2.24) is 0 Å². The third kappa shape index (κ3) is 9.40. The molecule has 0 spiro atoms. The molecule has 4 atom stereocenters. The monoisotopic (exact) mass is 398 g/mol. The van der Waals surface area contributed by atoms with Crippen LogP contribution in [0.5, 0.6) is 0 Å². The summed E-state index contributed by atoms with van der Waals surface area (Å²) in [7, 11) is 0. The lowest BCUT2D eigenvalue weighted by Crippen LogP contribution is -2.40. The molecule has 28 heavy (non-hydrogen) atoms. The second-order valence-electron chi connectivity index (χ2n) is 9.65. The summed E-state index contributed by atoms with van der Waals surface area (Å²) in [5.74, 6) is -0.246. The SMILES string of the molecule is CCC[C@H]1CCCC[C@H](CC(=O)OC(C)(C)C)C(=O)O[C@@H](C)[C@@H]1OCC(C)C. The summed E-state index contributed by atoms with van der Waals surface area (Å²) in [6.45, 7) is 14.5. The fraction of sp³-hybridized carbons (Fsp3) is 0.913. The highest BCUT2D eigenvalue weighted by molar-refractivity contribution is 5.80. The highest BCUT2D eigenvalue weighted by Crippen LogP contribution is 2.30. The Balaban J connectivity index is 2.85. The molecular weight excluding hydrogens is 356 g/mol. The number of carbonyl (C=O) groups is 2. The number of rotatable bonds is 7. The van der Waals surface area contributed by atoms with Gasteiger partial charge in [0.1, 0.15) is 11.7 Å². The third-order valence-corrected chi connectivity index (χ3v) is 5.05. The van der Waals surface area contributed by atoms with Gasteiger partial charge >= 0.3 is 11.9 Å². The molecule has 164 valence electrons. The van der Waals surface area contributed by atoms with Gasteiger partial charge in [-0.15, -0.1) is 0 Å². The van der Waals surface area contributed by atoms with Crippen molar-refractivity contribution in [2.45, 2.75) is 111 Å². The summed E-state index contributed by atoms with van der Waals surface area (Å²) in [6.07, 6.45) is 5.52. The molecule has 5 heteroatoms. The fourth-order valence-corrected chi connectivity index (χ4v) is 3.83. The van der Waals surface area contributed by atoms with Crippen LogP contribution in [-0.2, 0) is 23.8 Å². The molecule has 0 bridgehead atoms. The molecule has 0 amide bonds. The van der Waals surface area contributed by atoms with Crippen molar-refractivity contribution in [2.24, 2.45) is 17.8 Å². The molecular formula is C23H42O5. The maximum absolute atomic E-state index is 12.8. The molecule has 1 heterocycles. The summed E-state index contributed by atoms with van der Waals surface area (Å²) in [5.41, 5.74) is -0.548. The summed E-state index contributed by atoms with van der Waals surface area (Å²) in [6, 6.07) is 0. The van der Waals surface area contributed by atoms with E-state index in [1.807, 2.05) is 27.7 Å². The Morgan fingerprint density at radius 3 is 2.43 bits per heavy atom. The lowest BCUT2D eigenvalue weighted by molar-refractivity contribution is -0.171. The minimum Gasteiger partial charge on any atom is -0.460 e. The average molecular weight is 399 g/mol. The molecule has 0 saturated carbocycles. The van der Waals surface area contributed by atoms with E-state index in [2.05, 4.69) is 20.8 Å². The third-order valence-electron chi connectivity index (χ3n) is 5.05. The minimum absolute atomic E-state index is 0.0821. The van der Waals surface area contributed by atoms with E-state index in [1.165, 1.54) is 0 Å². The topological polar surface area (TPSA) is 61.8 Å². The van der Waals surface area contributed by atoms with E-state index in [1.54, 1.807) is 0 Å². The van der Waals surface area contributed by atoms with Crippen molar-refractivity contribution in [3.05, 3.63) is 0 Å². The lowest BCUT2D eigenvalue weighted by Gasteiger charge is -2.34. The number of cyclic esters (lactones) is 1. The Hall–Kier alpha value is -1.10. The first kappa shape index (κ1) is 24.9. The first-order valence-corrected chi connectivity index (χ1v) is 11.1.